The number of H-pyrrole nitrogens is 2. The van der Waals surface area contributed by atoms with Crippen LogP contribution in [0, 0.1) is 4.77 Å². The molecule has 0 spiro atoms. The number of fused-ring (bicyclic) bond motifs is 1. The average molecular weight is 230 g/mol. The van der Waals surface area contributed by atoms with Gasteiger partial charge in [0.2, 0.25) is 0 Å². The van der Waals surface area contributed by atoms with E-state index in [2.05, 4.69) is 40.3 Å². The second-order valence-corrected chi connectivity index (χ2v) is 4.03. The van der Waals surface area contributed by atoms with Crippen LogP contribution < -0.4 is 0 Å². The minimum absolute atomic E-state index is 0.677. The van der Waals surface area contributed by atoms with E-state index in [4.69, 9.17) is 12.2 Å². The zero-order valence-electron chi connectivity index (χ0n) is 9.16. The van der Waals surface area contributed by atoms with Gasteiger partial charge in [-0.1, -0.05) is 30.4 Å². The van der Waals surface area contributed by atoms with E-state index in [1.165, 1.54) is 5.56 Å². The minimum Gasteiger partial charge on any atom is -0.331 e. The number of aromatic amines is 2. The van der Waals surface area contributed by atoms with Gasteiger partial charge in [0.15, 0.2) is 4.77 Å². The molecule has 0 radical (unpaired) electrons. The molecule has 2 nitrogen and oxygen atoms in total. The van der Waals surface area contributed by atoms with Gasteiger partial charge in [-0.25, -0.2) is 0 Å². The maximum atomic E-state index is 5.04. The molecular weight excluding hydrogens is 216 g/mol. The molecule has 16 heavy (non-hydrogen) atoms. The van der Waals surface area contributed by atoms with Crippen LogP contribution in [0.2, 0.25) is 0 Å². The van der Waals surface area contributed by atoms with E-state index < -0.39 is 0 Å². The highest BCUT2D eigenvalue weighted by atomic mass is 32.1. The van der Waals surface area contributed by atoms with Gasteiger partial charge in [0.25, 0.3) is 0 Å². The van der Waals surface area contributed by atoms with Gasteiger partial charge >= 0.3 is 0 Å². The van der Waals surface area contributed by atoms with Gasteiger partial charge in [0, 0.05) is 0 Å². The fourth-order valence-electron chi connectivity index (χ4n) is 1.60. The SMILES string of the molecule is C/C=C\C=C/Cc1ccc2[nH]c(=S)[nH]c2c1. The molecule has 0 bridgehead atoms. The summed E-state index contributed by atoms with van der Waals surface area (Å²) in [4.78, 5) is 6.21. The molecule has 0 saturated heterocycles. The third kappa shape index (κ3) is 2.49. The van der Waals surface area contributed by atoms with Gasteiger partial charge in [0.1, 0.15) is 0 Å². The normalized spacial score (nSPS) is 12.1. The molecule has 2 N–H and O–H groups in total. The third-order valence-corrected chi connectivity index (χ3v) is 2.58. The zero-order valence-corrected chi connectivity index (χ0v) is 9.97. The van der Waals surface area contributed by atoms with Gasteiger partial charge in [-0.05, 0) is 43.3 Å². The lowest BCUT2D eigenvalue weighted by molar-refractivity contribution is 1.27. The van der Waals surface area contributed by atoms with Crippen LogP contribution in [0.5, 0.6) is 0 Å². The molecule has 0 fully saturated rings. The van der Waals surface area contributed by atoms with Crippen molar-refractivity contribution in [2.24, 2.45) is 0 Å². The molecule has 1 aromatic heterocycles. The molecular formula is C13H14N2S. The molecule has 0 saturated carbocycles. The highest BCUT2D eigenvalue weighted by Crippen LogP contribution is 2.13. The number of benzene rings is 1. The van der Waals surface area contributed by atoms with Crippen molar-refractivity contribution in [1.82, 2.24) is 9.97 Å². The Bertz CT molecular complexity index is 587. The molecule has 0 aliphatic rings. The highest BCUT2D eigenvalue weighted by molar-refractivity contribution is 7.71. The lowest BCUT2D eigenvalue weighted by atomic mass is 10.1. The first-order valence-electron chi connectivity index (χ1n) is 5.28. The van der Waals surface area contributed by atoms with Crippen molar-refractivity contribution in [3.05, 3.63) is 52.8 Å². The molecule has 2 rings (SSSR count). The first-order valence-corrected chi connectivity index (χ1v) is 5.69. The summed E-state index contributed by atoms with van der Waals surface area (Å²) in [6.07, 6.45) is 9.18. The number of rotatable bonds is 3. The van der Waals surface area contributed by atoms with Crippen molar-refractivity contribution >= 4 is 23.3 Å². The number of nitrogens with one attached hydrogen (secondary N) is 2. The number of hydrogen-bond donors (Lipinski definition) is 2. The maximum Gasteiger partial charge on any atom is 0.175 e. The summed E-state index contributed by atoms with van der Waals surface area (Å²) < 4.78 is 0.677. The van der Waals surface area contributed by atoms with Crippen LogP contribution in [0.4, 0.5) is 0 Å². The van der Waals surface area contributed by atoms with Gasteiger partial charge in [-0.2, -0.15) is 0 Å². The zero-order chi connectivity index (χ0) is 11.4. The summed E-state index contributed by atoms with van der Waals surface area (Å²) in [5.41, 5.74) is 3.41. The lowest BCUT2D eigenvalue weighted by Crippen LogP contribution is -1.80. The fourth-order valence-corrected chi connectivity index (χ4v) is 1.82. The van der Waals surface area contributed by atoms with E-state index in [-0.39, 0.29) is 0 Å². The quantitative estimate of drug-likeness (QED) is 0.608. The minimum atomic E-state index is 0.677. The molecule has 0 aliphatic carbocycles. The van der Waals surface area contributed by atoms with Crippen LogP contribution >= 0.6 is 12.2 Å². The Balaban J connectivity index is 2.22. The largest absolute Gasteiger partial charge is 0.331 e. The van der Waals surface area contributed by atoms with Crippen molar-refractivity contribution in [1.29, 1.82) is 0 Å². The first-order chi connectivity index (χ1) is 7.79. The van der Waals surface area contributed by atoms with E-state index in [1.807, 2.05) is 19.1 Å². The Morgan fingerprint density at radius 2 is 2.00 bits per heavy atom. The molecule has 3 heteroatoms. The predicted molar refractivity (Wildman–Crippen MR) is 71.1 cm³/mol. The maximum absolute atomic E-state index is 5.04. The van der Waals surface area contributed by atoms with Crippen LogP contribution in [0.25, 0.3) is 11.0 Å². The van der Waals surface area contributed by atoms with Crippen LogP contribution in [0.15, 0.2) is 42.5 Å². The lowest BCUT2D eigenvalue weighted by Gasteiger charge is -1.95. The van der Waals surface area contributed by atoms with Gasteiger partial charge in [-0.15, -0.1) is 0 Å². The van der Waals surface area contributed by atoms with Crippen molar-refractivity contribution in [2.45, 2.75) is 13.3 Å². The molecule has 1 heterocycles. The van der Waals surface area contributed by atoms with E-state index in [0.717, 1.165) is 17.5 Å². The van der Waals surface area contributed by atoms with Crippen LogP contribution in [-0.4, -0.2) is 9.97 Å². The third-order valence-electron chi connectivity index (χ3n) is 2.37. The second kappa shape index (κ2) is 4.94. The molecule has 0 aliphatic heterocycles. The number of allylic oxidation sites excluding steroid dienone is 4. The van der Waals surface area contributed by atoms with Gasteiger partial charge < -0.3 is 9.97 Å². The molecule has 0 amide bonds. The van der Waals surface area contributed by atoms with Crippen molar-refractivity contribution in [3.63, 3.8) is 0 Å². The monoisotopic (exact) mass is 230 g/mol. The topological polar surface area (TPSA) is 31.6 Å². The Hall–Kier alpha value is -1.61. The Morgan fingerprint density at radius 3 is 2.81 bits per heavy atom. The van der Waals surface area contributed by atoms with Gasteiger partial charge in [0.05, 0.1) is 11.0 Å². The highest BCUT2D eigenvalue weighted by Gasteiger charge is 1.96. The number of hydrogen-bond acceptors (Lipinski definition) is 1. The van der Waals surface area contributed by atoms with Crippen molar-refractivity contribution < 1.29 is 0 Å². The van der Waals surface area contributed by atoms with Gasteiger partial charge in [-0.3, -0.25) is 0 Å². The standard InChI is InChI=1S/C13H14N2S/c1-2-3-4-5-6-10-7-8-11-12(9-10)15-13(16)14-11/h2-5,7-9H,6H2,1H3,(H2,14,15,16)/b3-2-,5-4-. The van der Waals surface area contributed by atoms with E-state index >= 15 is 0 Å². The first kappa shape index (κ1) is 10.9. The summed E-state index contributed by atoms with van der Waals surface area (Å²) in [6, 6.07) is 6.30. The van der Waals surface area contributed by atoms with E-state index in [0.29, 0.717) is 4.77 Å². The van der Waals surface area contributed by atoms with E-state index in [9.17, 15) is 0 Å². The van der Waals surface area contributed by atoms with Crippen molar-refractivity contribution in [3.8, 4) is 0 Å². The Morgan fingerprint density at radius 1 is 1.19 bits per heavy atom. The Kier molecular flexibility index (Phi) is 3.37. The molecule has 1 aromatic carbocycles. The number of imidazole rings is 1. The number of aromatic nitrogens is 2. The van der Waals surface area contributed by atoms with Crippen molar-refractivity contribution in [2.75, 3.05) is 0 Å². The predicted octanol–water partition coefficient (Wildman–Crippen LogP) is 3.90. The molecule has 82 valence electrons. The van der Waals surface area contributed by atoms with Crippen LogP contribution in [0.3, 0.4) is 0 Å². The second-order valence-electron chi connectivity index (χ2n) is 3.62. The fraction of sp³-hybridized carbons (Fsp3) is 0.154. The average Bonchev–Trinajstić information content (AvgIpc) is 2.64. The molecule has 0 unspecified atom stereocenters. The smallest absolute Gasteiger partial charge is 0.175 e. The molecule has 0 atom stereocenters. The molecule has 2 aromatic rings. The summed E-state index contributed by atoms with van der Waals surface area (Å²) in [5, 5.41) is 0. The van der Waals surface area contributed by atoms with Crippen LogP contribution in [-0.2, 0) is 6.42 Å². The Labute approximate surface area is 99.7 Å². The summed E-state index contributed by atoms with van der Waals surface area (Å²) in [5.74, 6) is 0. The summed E-state index contributed by atoms with van der Waals surface area (Å²) in [7, 11) is 0. The van der Waals surface area contributed by atoms with Crippen LogP contribution in [0.1, 0.15) is 12.5 Å². The summed E-state index contributed by atoms with van der Waals surface area (Å²) in [6.45, 7) is 2.01. The summed E-state index contributed by atoms with van der Waals surface area (Å²) >= 11 is 5.04. The van der Waals surface area contributed by atoms with E-state index in [1.54, 1.807) is 0 Å².